The summed E-state index contributed by atoms with van der Waals surface area (Å²) < 4.78 is 12.2. The molecular formula is C29H28N4O4. The summed E-state index contributed by atoms with van der Waals surface area (Å²) in [6.07, 6.45) is 1.58. The Bertz CT molecular complexity index is 1720. The summed E-state index contributed by atoms with van der Waals surface area (Å²) in [7, 11) is 3.16. The fourth-order valence-electron chi connectivity index (χ4n) is 4.43. The zero-order valence-electron chi connectivity index (χ0n) is 21.4. The van der Waals surface area contributed by atoms with E-state index >= 15 is 0 Å². The van der Waals surface area contributed by atoms with E-state index in [4.69, 9.17) is 9.47 Å². The molecule has 0 fully saturated rings. The highest BCUT2D eigenvalue weighted by atomic mass is 16.5. The number of pyridine rings is 1. The van der Waals surface area contributed by atoms with Gasteiger partial charge in [-0.1, -0.05) is 12.1 Å². The maximum Gasteiger partial charge on any atom is 0.280 e. The van der Waals surface area contributed by atoms with Crippen LogP contribution in [0.3, 0.4) is 0 Å². The number of hydrogen-bond acceptors (Lipinski definition) is 5. The lowest BCUT2D eigenvalue weighted by Gasteiger charge is -2.17. The molecule has 0 bridgehead atoms. The molecule has 0 saturated heterocycles. The van der Waals surface area contributed by atoms with Crippen molar-refractivity contribution in [3.8, 4) is 17.2 Å². The highest BCUT2D eigenvalue weighted by Gasteiger charge is 2.17. The Labute approximate surface area is 213 Å². The number of amides is 1. The number of H-pyrrole nitrogens is 1. The van der Waals surface area contributed by atoms with Gasteiger partial charge in [-0.25, -0.2) is 4.68 Å². The van der Waals surface area contributed by atoms with Crippen LogP contribution >= 0.6 is 0 Å². The van der Waals surface area contributed by atoms with Crippen LogP contribution < -0.4 is 20.3 Å². The Morgan fingerprint density at radius 3 is 2.46 bits per heavy atom. The molecule has 188 valence electrons. The summed E-state index contributed by atoms with van der Waals surface area (Å²) in [6, 6.07) is 16.4. The van der Waals surface area contributed by atoms with Crippen molar-refractivity contribution in [2.45, 2.75) is 26.8 Å². The van der Waals surface area contributed by atoms with Gasteiger partial charge in [-0.3, -0.25) is 19.7 Å². The third kappa shape index (κ3) is 4.31. The first-order valence-corrected chi connectivity index (χ1v) is 11.9. The van der Waals surface area contributed by atoms with E-state index in [1.54, 1.807) is 38.6 Å². The van der Waals surface area contributed by atoms with E-state index in [1.165, 1.54) is 4.68 Å². The Kier molecular flexibility index (Phi) is 6.17. The second-order valence-electron chi connectivity index (χ2n) is 9.11. The van der Waals surface area contributed by atoms with Gasteiger partial charge >= 0.3 is 0 Å². The number of methoxy groups -OCH3 is 2. The van der Waals surface area contributed by atoms with Crippen molar-refractivity contribution in [2.24, 2.45) is 0 Å². The highest BCUT2D eigenvalue weighted by Crippen LogP contribution is 2.30. The fourth-order valence-corrected chi connectivity index (χ4v) is 4.43. The molecule has 5 rings (SSSR count). The SMILES string of the molecule is COc1ccc(C(C)NC(=O)c2ccc3ncc4c(=O)n(-c5ccc(C)c(C)c5)[nH]c4c3c2)cc1OC. The molecule has 0 spiro atoms. The molecule has 0 saturated carbocycles. The molecule has 3 aromatic carbocycles. The number of aromatic amines is 1. The molecule has 0 aliphatic carbocycles. The summed E-state index contributed by atoms with van der Waals surface area (Å²) in [5, 5.41) is 7.43. The summed E-state index contributed by atoms with van der Waals surface area (Å²) in [6.45, 7) is 5.95. The number of nitrogens with zero attached hydrogens (tertiary/aromatic N) is 2. The highest BCUT2D eigenvalue weighted by molar-refractivity contribution is 6.06. The number of fused-ring (bicyclic) bond motifs is 3. The Morgan fingerprint density at radius 2 is 1.73 bits per heavy atom. The minimum Gasteiger partial charge on any atom is -0.493 e. The maximum absolute atomic E-state index is 13.2. The van der Waals surface area contributed by atoms with Crippen molar-refractivity contribution in [3.05, 3.63) is 93.4 Å². The molecular weight excluding hydrogens is 468 g/mol. The molecule has 1 amide bonds. The predicted octanol–water partition coefficient (Wildman–Crippen LogP) is 4.99. The molecule has 1 unspecified atom stereocenters. The number of aromatic nitrogens is 3. The smallest absolute Gasteiger partial charge is 0.280 e. The molecule has 1 atom stereocenters. The van der Waals surface area contributed by atoms with Gasteiger partial charge in [0.25, 0.3) is 11.5 Å². The van der Waals surface area contributed by atoms with Crippen molar-refractivity contribution < 1.29 is 14.3 Å². The quantitative estimate of drug-likeness (QED) is 0.345. The lowest BCUT2D eigenvalue weighted by atomic mass is 10.1. The van der Waals surface area contributed by atoms with E-state index in [-0.39, 0.29) is 17.5 Å². The average molecular weight is 497 g/mol. The first-order chi connectivity index (χ1) is 17.8. The number of benzene rings is 3. The maximum atomic E-state index is 13.2. The minimum atomic E-state index is -0.275. The molecule has 2 N–H and O–H groups in total. The summed E-state index contributed by atoms with van der Waals surface area (Å²) in [4.78, 5) is 30.8. The number of carbonyl (C=O) groups excluding carboxylic acids is 1. The molecule has 0 aliphatic rings. The number of rotatable bonds is 6. The van der Waals surface area contributed by atoms with Crippen LogP contribution in [0.2, 0.25) is 0 Å². The second-order valence-corrected chi connectivity index (χ2v) is 9.11. The van der Waals surface area contributed by atoms with Gasteiger partial charge in [-0.05, 0) is 79.9 Å². The van der Waals surface area contributed by atoms with E-state index in [2.05, 4.69) is 15.4 Å². The van der Waals surface area contributed by atoms with E-state index in [1.807, 2.05) is 57.2 Å². The van der Waals surface area contributed by atoms with E-state index in [0.717, 1.165) is 22.4 Å². The standard InChI is InChI=1S/C29H28N4O4/c1-16-6-9-21(12-17(16)2)33-29(35)23-15-30-24-10-7-20(13-22(24)27(23)32-33)28(34)31-18(3)19-8-11-25(36-4)26(14-19)37-5/h6-15,18,32H,1-5H3,(H,31,34). The molecule has 8 nitrogen and oxygen atoms in total. The largest absolute Gasteiger partial charge is 0.493 e. The van der Waals surface area contributed by atoms with Crippen molar-refractivity contribution in [1.29, 1.82) is 0 Å². The molecule has 5 aromatic rings. The first-order valence-electron chi connectivity index (χ1n) is 11.9. The van der Waals surface area contributed by atoms with E-state index in [9.17, 15) is 9.59 Å². The molecule has 37 heavy (non-hydrogen) atoms. The van der Waals surface area contributed by atoms with E-state index < -0.39 is 0 Å². The van der Waals surface area contributed by atoms with Gasteiger partial charge in [-0.15, -0.1) is 0 Å². The summed E-state index contributed by atoms with van der Waals surface area (Å²) in [5.74, 6) is 0.979. The number of hydrogen-bond donors (Lipinski definition) is 2. The van der Waals surface area contributed by atoms with Crippen LogP contribution in [-0.2, 0) is 0 Å². The molecule has 2 heterocycles. The zero-order valence-corrected chi connectivity index (χ0v) is 21.4. The number of ether oxygens (including phenoxy) is 2. The van der Waals surface area contributed by atoms with Crippen molar-refractivity contribution >= 4 is 27.7 Å². The molecule has 0 radical (unpaired) electrons. The Balaban J connectivity index is 1.50. The monoisotopic (exact) mass is 496 g/mol. The van der Waals surface area contributed by atoms with Crippen LogP contribution in [0.25, 0.3) is 27.5 Å². The molecule has 0 aliphatic heterocycles. The van der Waals surface area contributed by atoms with Crippen LogP contribution in [0.5, 0.6) is 11.5 Å². The summed E-state index contributed by atoms with van der Waals surface area (Å²) in [5.41, 5.74) is 5.46. The van der Waals surface area contributed by atoms with Crippen LogP contribution in [-0.4, -0.2) is 34.9 Å². The Hall–Kier alpha value is -4.59. The zero-order chi connectivity index (χ0) is 26.3. The van der Waals surface area contributed by atoms with Crippen LogP contribution in [0, 0.1) is 13.8 Å². The topological polar surface area (TPSA) is 98.2 Å². The minimum absolute atomic E-state index is 0.190. The molecule has 2 aromatic heterocycles. The number of nitrogens with one attached hydrogen (secondary N) is 2. The third-order valence-electron chi connectivity index (χ3n) is 6.79. The van der Waals surface area contributed by atoms with Crippen molar-refractivity contribution in [1.82, 2.24) is 20.1 Å². The lowest BCUT2D eigenvalue weighted by Crippen LogP contribution is -2.26. The van der Waals surface area contributed by atoms with Gasteiger partial charge < -0.3 is 14.8 Å². The van der Waals surface area contributed by atoms with E-state index in [0.29, 0.717) is 38.9 Å². The Morgan fingerprint density at radius 1 is 0.946 bits per heavy atom. The van der Waals surface area contributed by atoms with Gasteiger partial charge in [0.15, 0.2) is 11.5 Å². The van der Waals surface area contributed by atoms with Gasteiger partial charge in [-0.2, -0.15) is 0 Å². The van der Waals surface area contributed by atoms with Crippen LogP contribution in [0.1, 0.15) is 40.0 Å². The van der Waals surface area contributed by atoms with Crippen LogP contribution in [0.15, 0.2) is 65.6 Å². The van der Waals surface area contributed by atoms with Crippen molar-refractivity contribution in [3.63, 3.8) is 0 Å². The lowest BCUT2D eigenvalue weighted by molar-refractivity contribution is 0.0940. The number of carbonyl (C=O) groups is 1. The second kappa shape index (κ2) is 9.46. The average Bonchev–Trinajstić information content (AvgIpc) is 3.26. The van der Waals surface area contributed by atoms with Crippen molar-refractivity contribution in [2.75, 3.05) is 14.2 Å². The normalized spacial score (nSPS) is 12.0. The van der Waals surface area contributed by atoms with Gasteiger partial charge in [0.2, 0.25) is 0 Å². The number of aryl methyl sites for hydroxylation is 2. The fraction of sp³-hybridized carbons (Fsp3) is 0.207. The third-order valence-corrected chi connectivity index (χ3v) is 6.79. The summed E-state index contributed by atoms with van der Waals surface area (Å²) >= 11 is 0. The van der Waals surface area contributed by atoms with Crippen LogP contribution in [0.4, 0.5) is 0 Å². The van der Waals surface area contributed by atoms with Gasteiger partial charge in [0, 0.05) is 17.1 Å². The van der Waals surface area contributed by atoms with Gasteiger partial charge in [0.05, 0.1) is 42.4 Å². The predicted molar refractivity (Wildman–Crippen MR) is 144 cm³/mol. The first kappa shape index (κ1) is 24.1. The van der Waals surface area contributed by atoms with Gasteiger partial charge in [0.1, 0.15) is 0 Å². The molecule has 8 heteroatoms.